The molecule has 128 valence electrons. The minimum atomic E-state index is -1.06. The van der Waals surface area contributed by atoms with E-state index in [1.54, 1.807) is 0 Å². The molecule has 0 saturated carbocycles. The number of nitrogen functional groups attached to an aromatic ring is 1. The molecule has 4 N–H and O–H groups in total. The van der Waals surface area contributed by atoms with Crippen molar-refractivity contribution >= 4 is 17.3 Å². The fraction of sp³-hybridized carbons (Fsp3) is 0.533. The summed E-state index contributed by atoms with van der Waals surface area (Å²) < 4.78 is 13.5. The zero-order valence-electron chi connectivity index (χ0n) is 13.3. The summed E-state index contributed by atoms with van der Waals surface area (Å²) in [6.45, 7) is 3.80. The van der Waals surface area contributed by atoms with E-state index < -0.39 is 33.6 Å². The van der Waals surface area contributed by atoms with Crippen LogP contribution in [0.5, 0.6) is 0 Å². The first kappa shape index (κ1) is 18.8. The van der Waals surface area contributed by atoms with Crippen LogP contribution in [-0.2, 0) is 0 Å². The van der Waals surface area contributed by atoms with Gasteiger partial charge in [-0.2, -0.15) is 0 Å². The van der Waals surface area contributed by atoms with Crippen LogP contribution < -0.4 is 11.1 Å². The molecule has 1 rings (SSSR count). The minimum Gasteiger partial charge on any atom is -0.393 e. The van der Waals surface area contributed by atoms with Gasteiger partial charge in [-0.25, -0.2) is 4.39 Å². The molecule has 0 unspecified atom stereocenters. The van der Waals surface area contributed by atoms with Crippen LogP contribution in [0.4, 0.5) is 15.8 Å². The van der Waals surface area contributed by atoms with Crippen LogP contribution in [0.3, 0.4) is 0 Å². The normalized spacial score (nSPS) is 11.3. The first-order valence-corrected chi connectivity index (χ1v) is 7.48. The summed E-state index contributed by atoms with van der Waals surface area (Å²) in [7, 11) is 0. The number of nitrogens with zero attached hydrogens (tertiary/aromatic N) is 1. The Bertz CT molecular complexity index is 586. The van der Waals surface area contributed by atoms with E-state index >= 15 is 0 Å². The Balaban J connectivity index is 2.96. The SMILES string of the molecule is CCCC(O)(CCC)CNC(=O)c1cc(F)cc([N+](=O)[O-])c1N. The topological polar surface area (TPSA) is 118 Å². The lowest BCUT2D eigenvalue weighted by Gasteiger charge is -2.27. The van der Waals surface area contributed by atoms with Gasteiger partial charge in [0.05, 0.1) is 22.2 Å². The van der Waals surface area contributed by atoms with Crippen LogP contribution in [0.15, 0.2) is 12.1 Å². The number of aliphatic hydroxyl groups is 1. The van der Waals surface area contributed by atoms with E-state index in [1.165, 1.54) is 0 Å². The van der Waals surface area contributed by atoms with E-state index in [1.807, 2.05) is 13.8 Å². The third kappa shape index (κ3) is 4.88. The predicted octanol–water partition coefficient (Wildman–Crippen LogP) is 2.38. The van der Waals surface area contributed by atoms with Gasteiger partial charge >= 0.3 is 0 Å². The highest BCUT2D eigenvalue weighted by molar-refractivity contribution is 6.01. The molecule has 8 heteroatoms. The number of nitro groups is 1. The van der Waals surface area contributed by atoms with E-state index in [0.717, 1.165) is 18.9 Å². The molecule has 1 amide bonds. The van der Waals surface area contributed by atoms with Crippen molar-refractivity contribution in [2.24, 2.45) is 0 Å². The van der Waals surface area contributed by atoms with Gasteiger partial charge in [-0.3, -0.25) is 14.9 Å². The number of hydrogen-bond acceptors (Lipinski definition) is 5. The highest BCUT2D eigenvalue weighted by atomic mass is 19.1. The molecule has 0 spiro atoms. The van der Waals surface area contributed by atoms with Gasteiger partial charge in [-0.15, -0.1) is 0 Å². The maximum atomic E-state index is 13.5. The number of nitrogens with two attached hydrogens (primary N) is 1. The Labute approximate surface area is 133 Å². The molecule has 0 aromatic heterocycles. The summed E-state index contributed by atoms with van der Waals surface area (Å²) in [5, 5.41) is 23.8. The first-order valence-electron chi connectivity index (χ1n) is 7.48. The van der Waals surface area contributed by atoms with Crippen LogP contribution >= 0.6 is 0 Å². The largest absolute Gasteiger partial charge is 0.393 e. The van der Waals surface area contributed by atoms with Gasteiger partial charge in [0, 0.05) is 6.54 Å². The summed E-state index contributed by atoms with van der Waals surface area (Å²) in [5.41, 5.74) is 3.14. The first-order chi connectivity index (χ1) is 10.7. The van der Waals surface area contributed by atoms with Crippen LogP contribution in [0.2, 0.25) is 0 Å². The van der Waals surface area contributed by atoms with E-state index in [2.05, 4.69) is 5.32 Å². The average Bonchev–Trinajstić information content (AvgIpc) is 2.47. The van der Waals surface area contributed by atoms with Crippen molar-refractivity contribution in [1.82, 2.24) is 5.32 Å². The molecule has 0 aliphatic carbocycles. The monoisotopic (exact) mass is 327 g/mol. The van der Waals surface area contributed by atoms with E-state index in [-0.39, 0.29) is 12.1 Å². The fourth-order valence-corrected chi connectivity index (χ4v) is 2.52. The van der Waals surface area contributed by atoms with Gasteiger partial charge in [0.25, 0.3) is 11.6 Å². The smallest absolute Gasteiger partial charge is 0.295 e. The lowest BCUT2D eigenvalue weighted by Crippen LogP contribution is -2.43. The quantitative estimate of drug-likeness (QED) is 0.385. The number of carbonyl (C=O) groups is 1. The molecule has 1 aromatic carbocycles. The van der Waals surface area contributed by atoms with Crippen LogP contribution in [0.25, 0.3) is 0 Å². The van der Waals surface area contributed by atoms with Crippen molar-refractivity contribution in [3.05, 3.63) is 33.6 Å². The van der Waals surface area contributed by atoms with Crippen LogP contribution in [-0.4, -0.2) is 28.1 Å². The number of nitrogens with one attached hydrogen (secondary N) is 1. The fourth-order valence-electron chi connectivity index (χ4n) is 2.52. The number of halogens is 1. The number of benzene rings is 1. The number of nitro benzene ring substituents is 1. The molecule has 7 nitrogen and oxygen atoms in total. The number of carbonyl (C=O) groups excluding carboxylic acids is 1. The number of amides is 1. The highest BCUT2D eigenvalue weighted by Crippen LogP contribution is 2.27. The molecule has 0 radical (unpaired) electrons. The molecule has 23 heavy (non-hydrogen) atoms. The standard InChI is InChI=1S/C15H22FN3O4/c1-3-5-15(21,6-4-2)9-18-14(20)11-7-10(16)8-12(13(11)17)19(22)23/h7-8,21H,3-6,9,17H2,1-2H3,(H,18,20). The second kappa shape index (κ2) is 7.87. The predicted molar refractivity (Wildman–Crippen MR) is 84.6 cm³/mol. The van der Waals surface area contributed by atoms with Crippen molar-refractivity contribution in [3.63, 3.8) is 0 Å². The Morgan fingerprint density at radius 1 is 1.39 bits per heavy atom. The van der Waals surface area contributed by atoms with Crippen molar-refractivity contribution in [3.8, 4) is 0 Å². The summed E-state index contributed by atoms with van der Waals surface area (Å²) in [6.07, 6.45) is 2.47. The number of hydrogen-bond donors (Lipinski definition) is 3. The van der Waals surface area contributed by atoms with Gasteiger partial charge < -0.3 is 16.2 Å². The van der Waals surface area contributed by atoms with Crippen molar-refractivity contribution in [2.75, 3.05) is 12.3 Å². The van der Waals surface area contributed by atoms with Crippen molar-refractivity contribution in [1.29, 1.82) is 0 Å². The Morgan fingerprint density at radius 2 is 1.96 bits per heavy atom. The second-order valence-corrected chi connectivity index (χ2v) is 5.55. The maximum Gasteiger partial charge on any atom is 0.295 e. The zero-order chi connectivity index (χ0) is 17.6. The molecule has 0 heterocycles. The van der Waals surface area contributed by atoms with E-state index in [4.69, 9.17) is 5.73 Å². The van der Waals surface area contributed by atoms with Crippen molar-refractivity contribution in [2.45, 2.75) is 45.1 Å². The number of anilines is 1. The summed E-state index contributed by atoms with van der Waals surface area (Å²) >= 11 is 0. The van der Waals surface area contributed by atoms with Gasteiger partial charge in [-0.05, 0) is 18.9 Å². The molecule has 0 fully saturated rings. The summed E-state index contributed by atoms with van der Waals surface area (Å²) in [5.74, 6) is -1.68. The van der Waals surface area contributed by atoms with Gasteiger partial charge in [0.2, 0.25) is 0 Å². The van der Waals surface area contributed by atoms with Gasteiger partial charge in [-0.1, -0.05) is 26.7 Å². The molecular formula is C15H22FN3O4. The summed E-state index contributed by atoms with van der Waals surface area (Å²) in [4.78, 5) is 22.1. The third-order valence-corrected chi connectivity index (χ3v) is 3.57. The number of rotatable bonds is 8. The molecule has 1 aromatic rings. The molecule has 0 atom stereocenters. The van der Waals surface area contributed by atoms with E-state index in [0.29, 0.717) is 18.9 Å². The molecule has 0 aliphatic heterocycles. The van der Waals surface area contributed by atoms with Gasteiger partial charge in [0.15, 0.2) is 0 Å². The van der Waals surface area contributed by atoms with E-state index in [9.17, 15) is 24.4 Å². The molecule has 0 aliphatic rings. The molecular weight excluding hydrogens is 305 g/mol. The summed E-state index contributed by atoms with van der Waals surface area (Å²) in [6, 6.07) is 1.51. The van der Waals surface area contributed by atoms with Crippen LogP contribution in [0, 0.1) is 15.9 Å². The molecule has 0 saturated heterocycles. The second-order valence-electron chi connectivity index (χ2n) is 5.55. The van der Waals surface area contributed by atoms with Crippen molar-refractivity contribution < 1.29 is 19.2 Å². The minimum absolute atomic E-state index is 0.0305. The van der Waals surface area contributed by atoms with Gasteiger partial charge in [0.1, 0.15) is 11.5 Å². The average molecular weight is 327 g/mol. The maximum absolute atomic E-state index is 13.5. The third-order valence-electron chi connectivity index (χ3n) is 3.57. The lowest BCUT2D eigenvalue weighted by molar-refractivity contribution is -0.384. The molecule has 0 bridgehead atoms. The zero-order valence-corrected chi connectivity index (χ0v) is 13.3. The Hall–Kier alpha value is -2.22. The van der Waals surface area contributed by atoms with Crippen LogP contribution in [0.1, 0.15) is 49.9 Å². The lowest BCUT2D eigenvalue weighted by atomic mass is 9.92. The Morgan fingerprint density at radius 3 is 2.43 bits per heavy atom. The Kier molecular flexibility index (Phi) is 6.44. The highest BCUT2D eigenvalue weighted by Gasteiger charge is 2.27.